The van der Waals surface area contributed by atoms with E-state index in [1.165, 1.54) is 0 Å². The molecule has 1 heterocycles. The van der Waals surface area contributed by atoms with Gasteiger partial charge in [-0.05, 0) is 36.1 Å². The molecule has 0 N–H and O–H groups in total. The molecule has 0 unspecified atom stereocenters. The average Bonchev–Trinajstić information content (AvgIpc) is 2.96. The molecule has 3 atom stereocenters. The quantitative estimate of drug-likeness (QED) is 0.615. The number of imide groups is 1. The van der Waals surface area contributed by atoms with Gasteiger partial charge in [-0.1, -0.05) is 55.3 Å². The predicted octanol–water partition coefficient (Wildman–Crippen LogP) is 3.45. The maximum atomic E-state index is 12.6. The molecule has 0 radical (unpaired) electrons. The molecular formula is C22H23NO4. The van der Waals surface area contributed by atoms with Crippen molar-refractivity contribution in [1.29, 1.82) is 0 Å². The highest BCUT2D eigenvalue weighted by molar-refractivity contribution is 6.07. The summed E-state index contributed by atoms with van der Waals surface area (Å²) in [5.41, 5.74) is 0.904. The topological polar surface area (TPSA) is 63.7 Å². The van der Waals surface area contributed by atoms with Crippen LogP contribution in [-0.2, 0) is 25.7 Å². The molecule has 0 aromatic heterocycles. The van der Waals surface area contributed by atoms with Crippen LogP contribution in [0.4, 0.5) is 0 Å². The summed E-state index contributed by atoms with van der Waals surface area (Å²) in [5, 5.41) is 2.10. The Morgan fingerprint density at radius 1 is 1.04 bits per heavy atom. The molecule has 0 spiro atoms. The third-order valence-corrected chi connectivity index (χ3v) is 5.85. The molecule has 5 nitrogen and oxygen atoms in total. The van der Waals surface area contributed by atoms with Crippen LogP contribution in [0.1, 0.15) is 38.2 Å². The number of ether oxygens (including phenoxy) is 1. The highest BCUT2D eigenvalue weighted by atomic mass is 16.5. The molecular weight excluding hydrogens is 342 g/mol. The first-order valence-electron chi connectivity index (χ1n) is 9.58. The van der Waals surface area contributed by atoms with E-state index in [2.05, 4.69) is 0 Å². The fourth-order valence-corrected chi connectivity index (χ4v) is 4.36. The smallest absolute Gasteiger partial charge is 0.329 e. The van der Waals surface area contributed by atoms with E-state index in [0.717, 1.165) is 46.9 Å². The molecule has 5 heteroatoms. The Morgan fingerprint density at radius 2 is 1.67 bits per heavy atom. The number of esters is 1. The van der Waals surface area contributed by atoms with Crippen molar-refractivity contribution in [2.24, 2.45) is 11.8 Å². The van der Waals surface area contributed by atoms with Crippen LogP contribution >= 0.6 is 0 Å². The van der Waals surface area contributed by atoms with Gasteiger partial charge in [0.05, 0.1) is 11.8 Å². The number of rotatable bonds is 4. The predicted molar refractivity (Wildman–Crippen MR) is 101 cm³/mol. The second kappa shape index (κ2) is 7.14. The van der Waals surface area contributed by atoms with E-state index < -0.39 is 12.0 Å². The number of hydrogen-bond donors (Lipinski definition) is 0. The summed E-state index contributed by atoms with van der Waals surface area (Å²) < 4.78 is 5.48. The Labute approximate surface area is 158 Å². The van der Waals surface area contributed by atoms with Crippen LogP contribution in [0.15, 0.2) is 42.5 Å². The summed E-state index contributed by atoms with van der Waals surface area (Å²) in [7, 11) is 0. The number of nitrogens with zero attached hydrogens (tertiary/aromatic N) is 1. The molecule has 2 fully saturated rings. The van der Waals surface area contributed by atoms with E-state index in [9.17, 15) is 14.4 Å². The van der Waals surface area contributed by atoms with Crippen LogP contribution in [0, 0.1) is 11.8 Å². The first-order chi connectivity index (χ1) is 13.1. The zero-order valence-corrected chi connectivity index (χ0v) is 15.4. The molecule has 1 aliphatic heterocycles. The lowest BCUT2D eigenvalue weighted by Gasteiger charge is -2.21. The Kier molecular flexibility index (Phi) is 4.68. The molecule has 2 aromatic carbocycles. The van der Waals surface area contributed by atoms with Gasteiger partial charge in [0.1, 0.15) is 12.6 Å². The highest BCUT2D eigenvalue weighted by Gasteiger charge is 2.51. The molecule has 4 rings (SSSR count). The van der Waals surface area contributed by atoms with Crippen molar-refractivity contribution < 1.29 is 19.1 Å². The van der Waals surface area contributed by atoms with E-state index in [0.29, 0.717) is 0 Å². The lowest BCUT2D eigenvalue weighted by molar-refractivity contribution is -0.159. The van der Waals surface area contributed by atoms with Gasteiger partial charge in [0, 0.05) is 0 Å². The minimum Gasteiger partial charge on any atom is -0.459 e. The molecule has 2 aromatic rings. The summed E-state index contributed by atoms with van der Waals surface area (Å²) in [6.45, 7) is 1.70. The lowest BCUT2D eigenvalue weighted by atomic mass is 9.81. The third-order valence-electron chi connectivity index (χ3n) is 5.85. The number of carbonyl (C=O) groups excluding carboxylic acids is 3. The SMILES string of the molecule is C[C@@H](C(=O)OCc1cccc2ccccc12)N1C(=O)[C@H]2CCCC[C@H]2C1=O. The van der Waals surface area contributed by atoms with Crippen LogP contribution in [0.25, 0.3) is 10.8 Å². The van der Waals surface area contributed by atoms with Crippen molar-refractivity contribution >= 4 is 28.6 Å². The summed E-state index contributed by atoms with van der Waals surface area (Å²) >= 11 is 0. The van der Waals surface area contributed by atoms with Gasteiger partial charge < -0.3 is 4.74 Å². The zero-order valence-electron chi connectivity index (χ0n) is 15.4. The molecule has 27 heavy (non-hydrogen) atoms. The summed E-state index contributed by atoms with van der Waals surface area (Å²) in [6.07, 6.45) is 3.41. The van der Waals surface area contributed by atoms with E-state index in [4.69, 9.17) is 4.74 Å². The molecule has 0 bridgehead atoms. The van der Waals surface area contributed by atoms with Crippen LogP contribution in [0.2, 0.25) is 0 Å². The number of carbonyl (C=O) groups is 3. The fourth-order valence-electron chi connectivity index (χ4n) is 4.36. The fraction of sp³-hybridized carbons (Fsp3) is 0.409. The van der Waals surface area contributed by atoms with Crippen LogP contribution in [0.3, 0.4) is 0 Å². The minimum absolute atomic E-state index is 0.119. The summed E-state index contributed by atoms with van der Waals surface area (Å²) in [5.74, 6) is -1.46. The van der Waals surface area contributed by atoms with Gasteiger partial charge in [0.15, 0.2) is 0 Å². The van der Waals surface area contributed by atoms with Gasteiger partial charge in [0.2, 0.25) is 11.8 Å². The Hall–Kier alpha value is -2.69. The van der Waals surface area contributed by atoms with Crippen molar-refractivity contribution in [2.45, 2.75) is 45.3 Å². The van der Waals surface area contributed by atoms with Gasteiger partial charge >= 0.3 is 5.97 Å². The van der Waals surface area contributed by atoms with Crippen molar-refractivity contribution in [2.75, 3.05) is 0 Å². The Balaban J connectivity index is 1.46. The van der Waals surface area contributed by atoms with Crippen molar-refractivity contribution in [1.82, 2.24) is 4.90 Å². The van der Waals surface area contributed by atoms with Crippen molar-refractivity contribution in [3.05, 3.63) is 48.0 Å². The molecule has 2 aliphatic rings. The van der Waals surface area contributed by atoms with Crippen molar-refractivity contribution in [3.8, 4) is 0 Å². The standard InChI is InChI=1S/C22H23NO4/c1-14(23-20(24)18-11-4-5-12-19(18)21(23)25)22(26)27-13-16-9-6-8-15-7-2-3-10-17(15)16/h2-3,6-10,14,18-19H,4-5,11-13H2,1H3/t14-,18-,19+/m0/s1. The first kappa shape index (κ1) is 17.7. The van der Waals surface area contributed by atoms with Gasteiger partial charge in [-0.3, -0.25) is 14.5 Å². The Bertz CT molecular complexity index is 877. The zero-order chi connectivity index (χ0) is 19.0. The molecule has 1 saturated carbocycles. The van der Waals surface area contributed by atoms with Gasteiger partial charge in [-0.2, -0.15) is 0 Å². The average molecular weight is 365 g/mol. The van der Waals surface area contributed by atoms with Gasteiger partial charge in [-0.25, -0.2) is 4.79 Å². The second-order valence-corrected chi connectivity index (χ2v) is 7.47. The number of amides is 2. The van der Waals surface area contributed by atoms with Gasteiger partial charge in [0.25, 0.3) is 0 Å². The van der Waals surface area contributed by atoms with E-state index in [1.807, 2.05) is 42.5 Å². The number of benzene rings is 2. The number of fused-ring (bicyclic) bond motifs is 2. The summed E-state index contributed by atoms with van der Waals surface area (Å²) in [6, 6.07) is 12.9. The molecule has 1 saturated heterocycles. The van der Waals surface area contributed by atoms with E-state index >= 15 is 0 Å². The molecule has 2 amide bonds. The van der Waals surface area contributed by atoms with Gasteiger partial charge in [-0.15, -0.1) is 0 Å². The van der Waals surface area contributed by atoms with E-state index in [-0.39, 0.29) is 30.3 Å². The largest absolute Gasteiger partial charge is 0.459 e. The van der Waals surface area contributed by atoms with Crippen LogP contribution in [-0.4, -0.2) is 28.7 Å². The summed E-state index contributed by atoms with van der Waals surface area (Å²) in [4.78, 5) is 39.0. The van der Waals surface area contributed by atoms with Crippen molar-refractivity contribution in [3.63, 3.8) is 0 Å². The monoisotopic (exact) mass is 365 g/mol. The highest BCUT2D eigenvalue weighted by Crippen LogP contribution is 2.39. The first-order valence-corrected chi connectivity index (χ1v) is 9.58. The normalized spacial score (nSPS) is 23.4. The van der Waals surface area contributed by atoms with E-state index in [1.54, 1.807) is 6.92 Å². The van der Waals surface area contributed by atoms with Crippen LogP contribution in [0.5, 0.6) is 0 Å². The lowest BCUT2D eigenvalue weighted by Crippen LogP contribution is -2.44. The molecule has 1 aliphatic carbocycles. The maximum Gasteiger partial charge on any atom is 0.329 e. The second-order valence-electron chi connectivity index (χ2n) is 7.47. The number of likely N-dealkylation sites (tertiary alicyclic amines) is 1. The third kappa shape index (κ3) is 3.11. The molecule has 140 valence electrons. The minimum atomic E-state index is -0.884. The maximum absolute atomic E-state index is 12.6. The number of hydrogen-bond acceptors (Lipinski definition) is 4. The Morgan fingerprint density at radius 3 is 2.37 bits per heavy atom. The van der Waals surface area contributed by atoms with Crippen LogP contribution < -0.4 is 0 Å².